The second-order valence-electron chi connectivity index (χ2n) is 8.66. The van der Waals surface area contributed by atoms with Gasteiger partial charge >= 0.3 is 6.18 Å². The standard InChI is InChI=1S/C24H26F4N2O3/c1-32-20-12-18(11-19(25)13-20)22(31)30-9-7-23(8-10-30)15-29(16-24(26,27)28)14-21(33-23)17-5-3-2-4-6-17/h2-6,11-13,21H,7-10,14-16H2,1H3. The van der Waals surface area contributed by atoms with E-state index in [1.807, 2.05) is 30.3 Å². The van der Waals surface area contributed by atoms with Crippen molar-refractivity contribution >= 4 is 5.91 Å². The van der Waals surface area contributed by atoms with E-state index >= 15 is 0 Å². The third-order valence-corrected chi connectivity index (χ3v) is 6.22. The number of methoxy groups -OCH3 is 1. The second-order valence-corrected chi connectivity index (χ2v) is 8.66. The highest BCUT2D eigenvalue weighted by atomic mass is 19.4. The zero-order valence-electron chi connectivity index (χ0n) is 18.3. The lowest BCUT2D eigenvalue weighted by Gasteiger charge is -2.50. The Bertz CT molecular complexity index is 975. The molecule has 178 valence electrons. The first-order chi connectivity index (χ1) is 15.7. The van der Waals surface area contributed by atoms with Crippen LogP contribution in [0, 0.1) is 5.82 Å². The van der Waals surface area contributed by atoms with Crippen LogP contribution in [0.2, 0.25) is 0 Å². The summed E-state index contributed by atoms with van der Waals surface area (Å²) in [5.74, 6) is -0.670. The summed E-state index contributed by atoms with van der Waals surface area (Å²) >= 11 is 0. The van der Waals surface area contributed by atoms with Crippen LogP contribution in [0.5, 0.6) is 5.75 Å². The molecule has 1 atom stereocenters. The summed E-state index contributed by atoms with van der Waals surface area (Å²) in [7, 11) is 1.39. The molecule has 0 aromatic heterocycles. The van der Waals surface area contributed by atoms with Crippen molar-refractivity contribution in [3.63, 3.8) is 0 Å². The lowest BCUT2D eigenvalue weighted by atomic mass is 9.87. The molecule has 2 fully saturated rings. The summed E-state index contributed by atoms with van der Waals surface area (Å²) in [6.07, 6.45) is -4.02. The molecule has 9 heteroatoms. The van der Waals surface area contributed by atoms with Crippen LogP contribution >= 0.6 is 0 Å². The average Bonchev–Trinajstić information content (AvgIpc) is 2.78. The quantitative estimate of drug-likeness (QED) is 0.625. The first kappa shape index (κ1) is 23.5. The van der Waals surface area contributed by atoms with Gasteiger partial charge in [-0.2, -0.15) is 13.2 Å². The Labute approximate surface area is 189 Å². The molecule has 0 N–H and O–H groups in total. The van der Waals surface area contributed by atoms with Crippen LogP contribution in [0.3, 0.4) is 0 Å². The number of alkyl halides is 3. The number of nitrogens with zero attached hydrogens (tertiary/aromatic N) is 2. The Hall–Kier alpha value is -2.65. The molecule has 0 radical (unpaired) electrons. The molecule has 0 aliphatic carbocycles. The molecule has 4 rings (SSSR count). The van der Waals surface area contributed by atoms with E-state index in [2.05, 4.69) is 0 Å². The van der Waals surface area contributed by atoms with Crippen LogP contribution in [0.15, 0.2) is 48.5 Å². The molecule has 2 aliphatic heterocycles. The van der Waals surface area contributed by atoms with Gasteiger partial charge in [-0.05, 0) is 30.5 Å². The number of carbonyl (C=O) groups excluding carboxylic acids is 1. The van der Waals surface area contributed by atoms with Crippen molar-refractivity contribution in [2.75, 3.05) is 39.8 Å². The van der Waals surface area contributed by atoms with Gasteiger partial charge in [0.1, 0.15) is 11.6 Å². The number of amides is 1. The zero-order chi connectivity index (χ0) is 23.6. The Kier molecular flexibility index (Phi) is 6.63. The highest BCUT2D eigenvalue weighted by Gasteiger charge is 2.46. The summed E-state index contributed by atoms with van der Waals surface area (Å²) < 4.78 is 64.9. The summed E-state index contributed by atoms with van der Waals surface area (Å²) in [5, 5.41) is 0. The van der Waals surface area contributed by atoms with E-state index in [0.29, 0.717) is 25.9 Å². The largest absolute Gasteiger partial charge is 0.497 e. The SMILES string of the molecule is COc1cc(F)cc(C(=O)N2CCC3(CC2)CN(CC(F)(F)F)CC(c2ccccc2)O3)c1. The third kappa shape index (κ3) is 5.65. The van der Waals surface area contributed by atoms with Crippen LogP contribution in [-0.2, 0) is 4.74 Å². The summed E-state index contributed by atoms with van der Waals surface area (Å²) in [5.41, 5.74) is 0.211. The van der Waals surface area contributed by atoms with Crippen molar-refractivity contribution in [2.24, 2.45) is 0 Å². The smallest absolute Gasteiger partial charge is 0.401 e. The van der Waals surface area contributed by atoms with Gasteiger partial charge in [0.25, 0.3) is 5.91 Å². The van der Waals surface area contributed by atoms with Gasteiger partial charge in [-0.1, -0.05) is 30.3 Å². The lowest BCUT2D eigenvalue weighted by Crippen LogP contribution is -2.59. The predicted octanol–water partition coefficient (Wildman–Crippen LogP) is 4.44. The van der Waals surface area contributed by atoms with Gasteiger partial charge in [-0.3, -0.25) is 9.69 Å². The number of piperidine rings is 1. The summed E-state index contributed by atoms with van der Waals surface area (Å²) in [4.78, 5) is 15.9. The molecule has 2 aliphatic rings. The zero-order valence-corrected chi connectivity index (χ0v) is 18.3. The number of carbonyl (C=O) groups is 1. The number of morpholine rings is 1. The van der Waals surface area contributed by atoms with Crippen molar-refractivity contribution in [3.05, 3.63) is 65.5 Å². The van der Waals surface area contributed by atoms with Gasteiger partial charge in [0, 0.05) is 37.8 Å². The van der Waals surface area contributed by atoms with Crippen molar-refractivity contribution < 1.29 is 31.8 Å². The van der Waals surface area contributed by atoms with E-state index in [-0.39, 0.29) is 30.3 Å². The molecule has 1 spiro atoms. The number of halogens is 4. The topological polar surface area (TPSA) is 42.0 Å². The minimum Gasteiger partial charge on any atom is -0.497 e. The number of likely N-dealkylation sites (tertiary alicyclic amines) is 1. The highest BCUT2D eigenvalue weighted by Crippen LogP contribution is 2.39. The van der Waals surface area contributed by atoms with Crippen molar-refractivity contribution in [2.45, 2.75) is 30.7 Å². The highest BCUT2D eigenvalue weighted by molar-refractivity contribution is 5.94. The Balaban J connectivity index is 1.50. The molecule has 33 heavy (non-hydrogen) atoms. The number of benzene rings is 2. The molecule has 5 nitrogen and oxygen atoms in total. The maximum Gasteiger partial charge on any atom is 0.401 e. The fourth-order valence-corrected chi connectivity index (χ4v) is 4.68. The number of rotatable bonds is 4. The van der Waals surface area contributed by atoms with Gasteiger partial charge in [-0.15, -0.1) is 0 Å². The maximum absolute atomic E-state index is 13.8. The number of hydrogen-bond acceptors (Lipinski definition) is 4. The molecule has 2 aromatic carbocycles. The van der Waals surface area contributed by atoms with E-state index in [4.69, 9.17) is 9.47 Å². The minimum atomic E-state index is -4.31. The number of hydrogen-bond donors (Lipinski definition) is 0. The van der Waals surface area contributed by atoms with E-state index in [1.54, 1.807) is 4.90 Å². The lowest BCUT2D eigenvalue weighted by molar-refractivity contribution is -0.205. The first-order valence-corrected chi connectivity index (χ1v) is 10.8. The van der Waals surface area contributed by atoms with Crippen LogP contribution in [0.1, 0.15) is 34.9 Å². The maximum atomic E-state index is 13.8. The molecule has 0 bridgehead atoms. The van der Waals surface area contributed by atoms with Crippen LogP contribution < -0.4 is 4.74 Å². The predicted molar refractivity (Wildman–Crippen MR) is 114 cm³/mol. The van der Waals surface area contributed by atoms with Gasteiger partial charge in [0.2, 0.25) is 0 Å². The Morgan fingerprint density at radius 1 is 1.15 bits per heavy atom. The van der Waals surface area contributed by atoms with E-state index < -0.39 is 30.2 Å². The molecular weight excluding hydrogens is 440 g/mol. The molecule has 2 heterocycles. The fourth-order valence-electron chi connectivity index (χ4n) is 4.68. The molecule has 1 amide bonds. The Morgan fingerprint density at radius 3 is 2.48 bits per heavy atom. The van der Waals surface area contributed by atoms with Gasteiger partial charge in [0.15, 0.2) is 0 Å². The van der Waals surface area contributed by atoms with E-state index in [1.165, 1.54) is 24.1 Å². The summed E-state index contributed by atoms with van der Waals surface area (Å²) in [6, 6.07) is 13.0. The van der Waals surface area contributed by atoms with Gasteiger partial charge in [0.05, 0.1) is 25.4 Å². The fraction of sp³-hybridized carbons (Fsp3) is 0.458. The van der Waals surface area contributed by atoms with Gasteiger partial charge < -0.3 is 14.4 Å². The first-order valence-electron chi connectivity index (χ1n) is 10.8. The molecular formula is C24H26F4N2O3. The number of ether oxygens (including phenoxy) is 2. The minimum absolute atomic E-state index is 0.145. The van der Waals surface area contributed by atoms with Crippen LogP contribution in [-0.4, -0.2) is 67.3 Å². The third-order valence-electron chi connectivity index (χ3n) is 6.22. The van der Waals surface area contributed by atoms with E-state index in [9.17, 15) is 22.4 Å². The van der Waals surface area contributed by atoms with Crippen LogP contribution in [0.25, 0.3) is 0 Å². The normalized spacial score (nSPS) is 21.2. The molecule has 2 saturated heterocycles. The van der Waals surface area contributed by atoms with Gasteiger partial charge in [-0.25, -0.2) is 4.39 Å². The second kappa shape index (κ2) is 9.30. The van der Waals surface area contributed by atoms with Crippen LogP contribution in [0.4, 0.5) is 17.6 Å². The molecule has 2 aromatic rings. The van der Waals surface area contributed by atoms with Crippen molar-refractivity contribution in [3.8, 4) is 5.75 Å². The summed E-state index contributed by atoms with van der Waals surface area (Å²) in [6.45, 7) is -0.103. The molecule has 1 unspecified atom stereocenters. The monoisotopic (exact) mass is 466 g/mol. The van der Waals surface area contributed by atoms with Crippen molar-refractivity contribution in [1.82, 2.24) is 9.80 Å². The van der Waals surface area contributed by atoms with Crippen molar-refractivity contribution in [1.29, 1.82) is 0 Å². The van der Waals surface area contributed by atoms with E-state index in [0.717, 1.165) is 11.6 Å². The Morgan fingerprint density at radius 2 is 1.85 bits per heavy atom. The average molecular weight is 466 g/mol. The molecule has 0 saturated carbocycles.